The van der Waals surface area contributed by atoms with Crippen molar-refractivity contribution in [2.45, 2.75) is 51.0 Å². The molecular weight excluding hydrogens is 321 g/mol. The molecule has 0 spiro atoms. The van der Waals surface area contributed by atoms with E-state index in [1.54, 1.807) is 7.05 Å². The monoisotopic (exact) mass is 344 g/mol. The van der Waals surface area contributed by atoms with Crippen LogP contribution in [0.5, 0.6) is 0 Å². The van der Waals surface area contributed by atoms with E-state index in [-0.39, 0.29) is 30.2 Å². The van der Waals surface area contributed by atoms with E-state index >= 15 is 0 Å². The fourth-order valence-corrected chi connectivity index (χ4v) is 3.54. The van der Waals surface area contributed by atoms with Crippen LogP contribution >= 0.6 is 0 Å². The standard InChI is InChI=1S/C16H23F3N4O/c1-22(9-13-20-7-8-23(13)10-16(17,18)19)15(24)12-3-2-6-21-14(12)11-4-5-11/h7-8,11-12,14,21H,2-6,9-10H2,1H3/t12-,14-/m1/s1. The van der Waals surface area contributed by atoms with Gasteiger partial charge >= 0.3 is 6.18 Å². The number of carbonyl (C=O) groups is 1. The minimum absolute atomic E-state index is 0.000610. The summed E-state index contributed by atoms with van der Waals surface area (Å²) in [5, 5.41) is 3.45. The molecule has 1 saturated carbocycles. The highest BCUT2D eigenvalue weighted by atomic mass is 19.4. The molecule has 24 heavy (non-hydrogen) atoms. The molecule has 1 aliphatic heterocycles. The van der Waals surface area contributed by atoms with Crippen molar-refractivity contribution in [3.8, 4) is 0 Å². The van der Waals surface area contributed by atoms with E-state index < -0.39 is 12.7 Å². The number of imidazole rings is 1. The number of hydrogen-bond donors (Lipinski definition) is 1. The van der Waals surface area contributed by atoms with Crippen LogP contribution in [-0.4, -0.2) is 46.2 Å². The summed E-state index contributed by atoms with van der Waals surface area (Å²) < 4.78 is 38.8. The maximum absolute atomic E-state index is 12.8. The van der Waals surface area contributed by atoms with Gasteiger partial charge in [0.2, 0.25) is 5.91 Å². The largest absolute Gasteiger partial charge is 0.406 e. The van der Waals surface area contributed by atoms with E-state index in [0.29, 0.717) is 5.92 Å². The Hall–Kier alpha value is -1.57. The van der Waals surface area contributed by atoms with Crippen LogP contribution in [0.3, 0.4) is 0 Å². The molecule has 1 aliphatic carbocycles. The van der Waals surface area contributed by atoms with Crippen molar-refractivity contribution < 1.29 is 18.0 Å². The lowest BCUT2D eigenvalue weighted by molar-refractivity contribution is -0.141. The highest BCUT2D eigenvalue weighted by Gasteiger charge is 2.41. The number of amides is 1. The highest BCUT2D eigenvalue weighted by molar-refractivity contribution is 5.79. The van der Waals surface area contributed by atoms with Gasteiger partial charge in [0.1, 0.15) is 12.4 Å². The molecule has 3 rings (SSSR count). The van der Waals surface area contributed by atoms with Crippen molar-refractivity contribution in [2.75, 3.05) is 13.6 Å². The quantitative estimate of drug-likeness (QED) is 0.891. The normalized spacial score (nSPS) is 24.8. The third-order valence-corrected chi connectivity index (χ3v) is 4.86. The summed E-state index contributed by atoms with van der Waals surface area (Å²) in [6.45, 7) is -0.0551. The van der Waals surface area contributed by atoms with Gasteiger partial charge in [-0.25, -0.2) is 4.98 Å². The molecule has 2 aliphatic rings. The first-order valence-electron chi connectivity index (χ1n) is 8.40. The van der Waals surface area contributed by atoms with Gasteiger partial charge in [-0.15, -0.1) is 0 Å². The first-order chi connectivity index (χ1) is 11.3. The SMILES string of the molecule is CN(Cc1nccn1CC(F)(F)F)C(=O)[C@@H]1CCCN[C@@H]1C1CC1. The van der Waals surface area contributed by atoms with E-state index in [0.717, 1.165) is 36.8 Å². The average molecular weight is 344 g/mol. The van der Waals surface area contributed by atoms with Crippen molar-refractivity contribution >= 4 is 5.91 Å². The van der Waals surface area contributed by atoms with Crippen LogP contribution < -0.4 is 5.32 Å². The Labute approximate surface area is 139 Å². The number of nitrogens with one attached hydrogen (secondary N) is 1. The van der Waals surface area contributed by atoms with Crippen LogP contribution in [0.4, 0.5) is 13.2 Å². The van der Waals surface area contributed by atoms with E-state index in [1.807, 2.05) is 0 Å². The van der Waals surface area contributed by atoms with Crippen molar-refractivity contribution in [1.82, 2.24) is 19.8 Å². The zero-order valence-electron chi connectivity index (χ0n) is 13.7. The predicted molar refractivity (Wildman–Crippen MR) is 82.0 cm³/mol. The Morgan fingerprint density at radius 3 is 2.83 bits per heavy atom. The van der Waals surface area contributed by atoms with Crippen molar-refractivity contribution in [1.29, 1.82) is 0 Å². The number of rotatable bonds is 5. The third kappa shape index (κ3) is 4.09. The van der Waals surface area contributed by atoms with Crippen LogP contribution in [0.25, 0.3) is 0 Å². The molecule has 1 saturated heterocycles. The summed E-state index contributed by atoms with van der Waals surface area (Å²) in [7, 11) is 1.65. The molecule has 2 fully saturated rings. The summed E-state index contributed by atoms with van der Waals surface area (Å²) in [4.78, 5) is 18.3. The van der Waals surface area contributed by atoms with E-state index in [1.165, 1.54) is 17.3 Å². The molecular formula is C16H23F3N4O. The predicted octanol–water partition coefficient (Wildman–Crippen LogP) is 2.18. The van der Waals surface area contributed by atoms with Crippen LogP contribution in [0.15, 0.2) is 12.4 Å². The molecule has 134 valence electrons. The molecule has 5 nitrogen and oxygen atoms in total. The summed E-state index contributed by atoms with van der Waals surface area (Å²) in [6, 6.07) is 0.212. The lowest BCUT2D eigenvalue weighted by Crippen LogP contribution is -2.49. The summed E-state index contributed by atoms with van der Waals surface area (Å²) >= 11 is 0. The van der Waals surface area contributed by atoms with Crippen molar-refractivity contribution in [2.24, 2.45) is 11.8 Å². The fraction of sp³-hybridized carbons (Fsp3) is 0.750. The van der Waals surface area contributed by atoms with E-state index in [4.69, 9.17) is 0 Å². The van der Waals surface area contributed by atoms with Crippen LogP contribution in [-0.2, 0) is 17.9 Å². The average Bonchev–Trinajstić information content (AvgIpc) is 3.29. The Morgan fingerprint density at radius 2 is 2.17 bits per heavy atom. The van der Waals surface area contributed by atoms with Gasteiger partial charge in [0, 0.05) is 25.5 Å². The zero-order valence-corrected chi connectivity index (χ0v) is 13.7. The smallest absolute Gasteiger partial charge is 0.338 e. The third-order valence-electron chi connectivity index (χ3n) is 4.86. The van der Waals surface area contributed by atoms with Gasteiger partial charge in [0.25, 0.3) is 0 Å². The summed E-state index contributed by atoms with van der Waals surface area (Å²) in [6.07, 6.45) is 2.44. The second kappa shape index (κ2) is 6.74. The second-order valence-corrected chi connectivity index (χ2v) is 6.85. The lowest BCUT2D eigenvalue weighted by Gasteiger charge is -2.34. The van der Waals surface area contributed by atoms with Crippen molar-refractivity contribution in [3.05, 3.63) is 18.2 Å². The molecule has 1 aromatic heterocycles. The van der Waals surface area contributed by atoms with Gasteiger partial charge in [-0.3, -0.25) is 4.79 Å². The lowest BCUT2D eigenvalue weighted by atomic mass is 9.86. The fourth-order valence-electron chi connectivity index (χ4n) is 3.54. The first-order valence-corrected chi connectivity index (χ1v) is 8.40. The minimum Gasteiger partial charge on any atom is -0.338 e. The maximum atomic E-state index is 12.8. The number of nitrogens with zero attached hydrogens (tertiary/aromatic N) is 3. The molecule has 0 unspecified atom stereocenters. The Morgan fingerprint density at radius 1 is 1.42 bits per heavy atom. The highest BCUT2D eigenvalue weighted by Crippen LogP contribution is 2.39. The second-order valence-electron chi connectivity index (χ2n) is 6.85. The Balaban J connectivity index is 1.65. The molecule has 2 heterocycles. The molecule has 2 atom stereocenters. The Bertz CT molecular complexity index is 582. The minimum atomic E-state index is -4.30. The van der Waals surface area contributed by atoms with Gasteiger partial charge in [0.15, 0.2) is 0 Å². The molecule has 1 aromatic rings. The van der Waals surface area contributed by atoms with Gasteiger partial charge in [0.05, 0.1) is 12.5 Å². The molecule has 8 heteroatoms. The van der Waals surface area contributed by atoms with Crippen LogP contribution in [0.1, 0.15) is 31.5 Å². The first kappa shape index (κ1) is 17.3. The molecule has 1 N–H and O–H groups in total. The molecule has 0 aromatic carbocycles. The number of carbonyl (C=O) groups excluding carboxylic acids is 1. The maximum Gasteiger partial charge on any atom is 0.406 e. The van der Waals surface area contributed by atoms with Crippen molar-refractivity contribution in [3.63, 3.8) is 0 Å². The number of piperidine rings is 1. The summed E-state index contributed by atoms with van der Waals surface area (Å²) in [5.41, 5.74) is 0. The molecule has 0 bridgehead atoms. The van der Waals surface area contributed by atoms with Gasteiger partial charge in [-0.05, 0) is 38.1 Å². The number of halogens is 3. The zero-order chi connectivity index (χ0) is 17.3. The number of alkyl halides is 3. The molecule has 1 amide bonds. The van der Waals surface area contributed by atoms with Crippen LogP contribution in [0.2, 0.25) is 0 Å². The topological polar surface area (TPSA) is 50.2 Å². The Kier molecular flexibility index (Phi) is 4.85. The van der Waals surface area contributed by atoms with Gasteiger partial charge in [-0.2, -0.15) is 13.2 Å². The summed E-state index contributed by atoms with van der Waals surface area (Å²) in [5.74, 6) is 0.748. The van der Waals surface area contributed by atoms with Gasteiger partial charge < -0.3 is 14.8 Å². The van der Waals surface area contributed by atoms with E-state index in [2.05, 4.69) is 10.3 Å². The van der Waals surface area contributed by atoms with E-state index in [9.17, 15) is 18.0 Å². The number of hydrogen-bond acceptors (Lipinski definition) is 3. The number of aromatic nitrogens is 2. The molecule has 0 radical (unpaired) electrons. The van der Waals surface area contributed by atoms with Crippen LogP contribution in [0, 0.1) is 11.8 Å². The van der Waals surface area contributed by atoms with Gasteiger partial charge in [-0.1, -0.05) is 0 Å².